The van der Waals surface area contributed by atoms with Crippen LogP contribution in [0.2, 0.25) is 5.15 Å². The molecule has 0 bridgehead atoms. The monoisotopic (exact) mass is 246 g/mol. The molecule has 0 aliphatic carbocycles. The maximum Gasteiger partial charge on any atom is 0.129 e. The minimum Gasteiger partial charge on any atom is -0.309 e. The Labute approximate surface area is 97.7 Å². The van der Waals surface area contributed by atoms with E-state index < -0.39 is 10.8 Å². The molecule has 0 fully saturated rings. The molecule has 1 aromatic rings. The second-order valence-electron chi connectivity index (χ2n) is 3.37. The molecule has 0 spiro atoms. The van der Waals surface area contributed by atoms with Gasteiger partial charge in [0.05, 0.1) is 0 Å². The molecule has 5 heteroatoms. The highest BCUT2D eigenvalue weighted by molar-refractivity contribution is 7.84. The molecule has 1 rings (SSSR count). The third-order valence-electron chi connectivity index (χ3n) is 2.09. The fourth-order valence-corrected chi connectivity index (χ4v) is 1.70. The second kappa shape index (κ2) is 6.20. The van der Waals surface area contributed by atoms with Crippen molar-refractivity contribution in [2.75, 3.05) is 18.6 Å². The minimum atomic E-state index is -0.741. The number of aromatic nitrogens is 1. The first-order valence-corrected chi connectivity index (χ1v) is 6.85. The Morgan fingerprint density at radius 2 is 2.33 bits per heavy atom. The summed E-state index contributed by atoms with van der Waals surface area (Å²) in [4.78, 5) is 4.01. The van der Waals surface area contributed by atoms with Crippen LogP contribution < -0.4 is 5.32 Å². The van der Waals surface area contributed by atoms with Gasteiger partial charge in [0.25, 0.3) is 0 Å². The number of pyridine rings is 1. The van der Waals surface area contributed by atoms with Gasteiger partial charge in [-0.05, 0) is 18.6 Å². The topological polar surface area (TPSA) is 42.0 Å². The Kier molecular flexibility index (Phi) is 5.22. The van der Waals surface area contributed by atoms with Crippen molar-refractivity contribution in [1.29, 1.82) is 0 Å². The summed E-state index contributed by atoms with van der Waals surface area (Å²) in [6, 6.07) is 3.92. The Hall–Kier alpha value is -0.450. The van der Waals surface area contributed by atoms with Crippen LogP contribution >= 0.6 is 11.6 Å². The zero-order valence-corrected chi connectivity index (χ0v) is 10.4. The third kappa shape index (κ3) is 4.73. The van der Waals surface area contributed by atoms with Crippen molar-refractivity contribution >= 4 is 22.4 Å². The van der Waals surface area contributed by atoms with Crippen LogP contribution in [0.4, 0.5) is 0 Å². The molecule has 1 heterocycles. The summed E-state index contributed by atoms with van der Waals surface area (Å²) in [5, 5.41) is 3.77. The van der Waals surface area contributed by atoms with Crippen LogP contribution in [-0.4, -0.2) is 27.7 Å². The molecular weight excluding hydrogens is 232 g/mol. The summed E-state index contributed by atoms with van der Waals surface area (Å²) in [6.07, 6.45) is 3.46. The number of hydrogen-bond donors (Lipinski definition) is 1. The van der Waals surface area contributed by atoms with E-state index in [0.29, 0.717) is 10.9 Å². The Bertz CT molecular complexity index is 329. The van der Waals surface area contributed by atoms with Crippen molar-refractivity contribution in [3.63, 3.8) is 0 Å². The lowest BCUT2D eigenvalue weighted by atomic mass is 10.1. The molecule has 0 aliphatic rings. The molecule has 0 aliphatic heterocycles. The van der Waals surface area contributed by atoms with Crippen LogP contribution in [0.5, 0.6) is 0 Å². The van der Waals surface area contributed by atoms with Crippen molar-refractivity contribution in [3.8, 4) is 0 Å². The zero-order chi connectivity index (χ0) is 11.3. The molecule has 0 amide bonds. The van der Waals surface area contributed by atoms with Crippen LogP contribution in [0, 0.1) is 0 Å². The van der Waals surface area contributed by atoms with Gasteiger partial charge in [0.1, 0.15) is 5.15 Å². The first-order chi connectivity index (χ1) is 7.09. The van der Waals surface area contributed by atoms with Gasteiger partial charge >= 0.3 is 0 Å². The molecule has 1 N–H and O–H groups in total. The maximum atomic E-state index is 10.8. The molecule has 0 radical (unpaired) electrons. The Morgan fingerprint density at radius 1 is 1.60 bits per heavy atom. The Balaban J connectivity index is 2.43. The minimum absolute atomic E-state index is 0.207. The first-order valence-electron chi connectivity index (χ1n) is 4.74. The molecule has 0 aromatic carbocycles. The predicted octanol–water partition coefficient (Wildman–Crippen LogP) is 1.76. The number of nitrogens with one attached hydrogen (secondary N) is 1. The molecule has 1 aromatic heterocycles. The van der Waals surface area contributed by atoms with Gasteiger partial charge in [-0.2, -0.15) is 0 Å². The van der Waals surface area contributed by atoms with Crippen LogP contribution in [-0.2, 0) is 10.8 Å². The van der Waals surface area contributed by atoms with Gasteiger partial charge in [-0.25, -0.2) is 4.98 Å². The van der Waals surface area contributed by atoms with Gasteiger partial charge in [-0.1, -0.05) is 17.7 Å². The lowest BCUT2D eigenvalue weighted by Crippen LogP contribution is -2.23. The number of halogens is 1. The lowest BCUT2D eigenvalue weighted by molar-refractivity contribution is 0.595. The van der Waals surface area contributed by atoms with Crippen molar-refractivity contribution in [1.82, 2.24) is 10.3 Å². The molecule has 0 saturated carbocycles. The Morgan fingerprint density at radius 3 is 2.87 bits per heavy atom. The SMILES string of the molecule is CC(NCCS(C)=O)c1ccc(Cl)nc1. The molecule has 0 saturated heterocycles. The van der Waals surface area contributed by atoms with Gasteiger partial charge in [0, 0.05) is 41.6 Å². The number of nitrogens with zero attached hydrogens (tertiary/aromatic N) is 1. The first kappa shape index (κ1) is 12.6. The van der Waals surface area contributed by atoms with Crippen molar-refractivity contribution < 1.29 is 4.21 Å². The van der Waals surface area contributed by atoms with Crippen LogP contribution in [0.1, 0.15) is 18.5 Å². The summed E-state index contributed by atoms with van der Waals surface area (Å²) in [5.41, 5.74) is 1.08. The molecule has 3 nitrogen and oxygen atoms in total. The third-order valence-corrected chi connectivity index (χ3v) is 3.09. The summed E-state index contributed by atoms with van der Waals surface area (Å²) in [6.45, 7) is 2.79. The van der Waals surface area contributed by atoms with E-state index in [0.717, 1.165) is 12.1 Å². The van der Waals surface area contributed by atoms with E-state index >= 15 is 0 Å². The van der Waals surface area contributed by atoms with E-state index in [1.54, 1.807) is 18.5 Å². The molecular formula is C10H15ClN2OS. The number of rotatable bonds is 5. The quantitative estimate of drug-likeness (QED) is 0.806. The van der Waals surface area contributed by atoms with E-state index in [2.05, 4.69) is 10.3 Å². The summed E-state index contributed by atoms with van der Waals surface area (Å²) < 4.78 is 10.8. The number of hydrogen-bond acceptors (Lipinski definition) is 3. The highest BCUT2D eigenvalue weighted by Gasteiger charge is 2.04. The van der Waals surface area contributed by atoms with Crippen LogP contribution in [0.25, 0.3) is 0 Å². The van der Waals surface area contributed by atoms with E-state index in [9.17, 15) is 4.21 Å². The van der Waals surface area contributed by atoms with E-state index in [1.807, 2.05) is 13.0 Å². The van der Waals surface area contributed by atoms with E-state index in [-0.39, 0.29) is 6.04 Å². The molecule has 2 atom stereocenters. The average molecular weight is 247 g/mol. The van der Waals surface area contributed by atoms with E-state index in [4.69, 9.17) is 11.6 Å². The smallest absolute Gasteiger partial charge is 0.129 e. The zero-order valence-electron chi connectivity index (χ0n) is 8.87. The lowest BCUT2D eigenvalue weighted by Gasteiger charge is -2.13. The summed E-state index contributed by atoms with van der Waals surface area (Å²) in [7, 11) is -0.741. The standard InChI is InChI=1S/C10H15ClN2OS/c1-8(12-5-6-15(2)14)9-3-4-10(11)13-7-9/h3-4,7-8,12H,5-6H2,1-2H3. The molecule has 84 valence electrons. The van der Waals surface area contributed by atoms with Crippen LogP contribution in [0.15, 0.2) is 18.3 Å². The fourth-order valence-electron chi connectivity index (χ4n) is 1.18. The molecule has 2 unspecified atom stereocenters. The normalized spacial score (nSPS) is 14.9. The van der Waals surface area contributed by atoms with Gasteiger partial charge in [0.2, 0.25) is 0 Å². The van der Waals surface area contributed by atoms with Gasteiger partial charge in [-0.15, -0.1) is 0 Å². The average Bonchev–Trinajstić information content (AvgIpc) is 2.18. The highest BCUT2D eigenvalue weighted by atomic mass is 35.5. The predicted molar refractivity (Wildman–Crippen MR) is 64.6 cm³/mol. The van der Waals surface area contributed by atoms with Crippen molar-refractivity contribution in [2.45, 2.75) is 13.0 Å². The van der Waals surface area contributed by atoms with Crippen molar-refractivity contribution in [3.05, 3.63) is 29.0 Å². The largest absolute Gasteiger partial charge is 0.309 e. The highest BCUT2D eigenvalue weighted by Crippen LogP contribution is 2.12. The van der Waals surface area contributed by atoms with Gasteiger partial charge in [0.15, 0.2) is 0 Å². The second-order valence-corrected chi connectivity index (χ2v) is 5.31. The molecule has 15 heavy (non-hydrogen) atoms. The van der Waals surface area contributed by atoms with Gasteiger partial charge in [-0.3, -0.25) is 4.21 Å². The van der Waals surface area contributed by atoms with Gasteiger partial charge < -0.3 is 5.32 Å². The summed E-state index contributed by atoms with van der Waals surface area (Å²) in [5.74, 6) is 0.672. The van der Waals surface area contributed by atoms with Crippen LogP contribution in [0.3, 0.4) is 0 Å². The van der Waals surface area contributed by atoms with Crippen molar-refractivity contribution in [2.24, 2.45) is 0 Å². The van der Waals surface area contributed by atoms with E-state index in [1.165, 1.54) is 0 Å². The summed E-state index contributed by atoms with van der Waals surface area (Å²) >= 11 is 5.69. The maximum absolute atomic E-state index is 10.8. The fraction of sp³-hybridized carbons (Fsp3) is 0.500.